The number of aliphatic imine (C=N–C) groups is 1. The van der Waals surface area contributed by atoms with Gasteiger partial charge in [0.1, 0.15) is 0 Å². The van der Waals surface area contributed by atoms with E-state index in [4.69, 9.17) is 26.7 Å². The molecule has 0 aromatic heterocycles. The van der Waals surface area contributed by atoms with Crippen LogP contribution in [0, 0.1) is 11.8 Å². The van der Waals surface area contributed by atoms with Crippen LogP contribution in [0.4, 0.5) is 0 Å². The molecule has 1 heterocycles. The molecule has 1 aliphatic carbocycles. The zero-order valence-electron chi connectivity index (χ0n) is 19.8. The Kier molecular flexibility index (Phi) is 12.5. The summed E-state index contributed by atoms with van der Waals surface area (Å²) in [5, 5.41) is 1.30. The highest BCUT2D eigenvalue weighted by molar-refractivity contribution is 8.22. The molecule has 0 spiro atoms. The van der Waals surface area contributed by atoms with Crippen molar-refractivity contribution in [3.8, 4) is 0 Å². The predicted molar refractivity (Wildman–Crippen MR) is 144 cm³/mol. The zero-order valence-corrected chi connectivity index (χ0v) is 22.3. The van der Waals surface area contributed by atoms with Gasteiger partial charge in [0.25, 0.3) is 0 Å². The van der Waals surface area contributed by atoms with Crippen molar-refractivity contribution >= 4 is 45.2 Å². The van der Waals surface area contributed by atoms with Crippen LogP contribution in [0.15, 0.2) is 39.9 Å². The molecule has 3 atom stereocenters. The van der Waals surface area contributed by atoms with Gasteiger partial charge < -0.3 is 9.47 Å². The fourth-order valence-corrected chi connectivity index (χ4v) is 4.95. The average molecular weight is 482 g/mol. The third-order valence-corrected chi connectivity index (χ3v) is 7.86. The number of allylic oxidation sites excluding steroid dienone is 5. The summed E-state index contributed by atoms with van der Waals surface area (Å²) >= 11 is 8.51. The Balaban J connectivity index is 1.57. The lowest BCUT2D eigenvalue weighted by molar-refractivity contribution is 0.152. The second kappa shape index (κ2) is 14.6. The highest BCUT2D eigenvalue weighted by atomic mass is 32.2. The Hall–Kier alpha value is -0.560. The summed E-state index contributed by atoms with van der Waals surface area (Å²) < 4.78 is 12.1. The van der Waals surface area contributed by atoms with E-state index in [-0.39, 0.29) is 0 Å². The van der Waals surface area contributed by atoms with Gasteiger partial charge in [0.15, 0.2) is 0 Å². The Bertz CT molecular complexity index is 708. The molecule has 0 radical (unpaired) electrons. The van der Waals surface area contributed by atoms with Crippen molar-refractivity contribution < 1.29 is 9.47 Å². The third-order valence-electron chi connectivity index (χ3n) is 5.54. The van der Waals surface area contributed by atoms with E-state index in [2.05, 4.69) is 45.9 Å². The quantitative estimate of drug-likeness (QED) is 0.157. The second-order valence-corrected chi connectivity index (χ2v) is 11.2. The molecule has 2 rings (SSSR count). The summed E-state index contributed by atoms with van der Waals surface area (Å²) in [4.78, 5) is 4.90. The first kappa shape index (κ1) is 26.7. The van der Waals surface area contributed by atoms with Crippen LogP contribution in [0.5, 0.6) is 0 Å². The van der Waals surface area contributed by atoms with Crippen LogP contribution in [0.3, 0.4) is 0 Å². The maximum Gasteiger partial charge on any atom is 0.219 e. The standard InChI is InChI=1S/C25H39NO2S3/c1-18(2)8-6-9-19(3)10-7-11-20(4)12-13-27-16-22-17-31-24(26-22)23-14-21(23)15-28-25(29)30-5/h8,10,12,21-23H,6-7,9,11,13-17H2,1-5H3/b19-10+,20-12+/t21-,22-,23-/m1/s1. The normalized spacial score (nSPS) is 23.5. The van der Waals surface area contributed by atoms with Crippen molar-refractivity contribution in [3.63, 3.8) is 0 Å². The molecule has 6 heteroatoms. The lowest BCUT2D eigenvalue weighted by Gasteiger charge is -2.06. The fourth-order valence-electron chi connectivity index (χ4n) is 3.44. The number of ether oxygens (including phenoxy) is 2. The molecule has 31 heavy (non-hydrogen) atoms. The number of rotatable bonds is 13. The van der Waals surface area contributed by atoms with Gasteiger partial charge in [-0.15, -0.1) is 11.8 Å². The number of nitrogens with zero attached hydrogens (tertiary/aromatic N) is 1. The van der Waals surface area contributed by atoms with Crippen molar-refractivity contribution in [2.24, 2.45) is 16.8 Å². The molecular weight excluding hydrogens is 442 g/mol. The van der Waals surface area contributed by atoms with Crippen LogP contribution in [0.1, 0.15) is 59.8 Å². The van der Waals surface area contributed by atoms with Crippen molar-refractivity contribution in [2.75, 3.05) is 31.8 Å². The van der Waals surface area contributed by atoms with E-state index in [0.29, 0.717) is 35.5 Å². The topological polar surface area (TPSA) is 30.8 Å². The molecule has 2 aliphatic rings. The summed E-state index contributed by atoms with van der Waals surface area (Å²) in [7, 11) is 0. The molecule has 0 bridgehead atoms. The molecule has 1 aliphatic heterocycles. The van der Waals surface area contributed by atoms with Crippen molar-refractivity contribution in [1.82, 2.24) is 0 Å². The smallest absolute Gasteiger partial charge is 0.219 e. The summed E-state index contributed by atoms with van der Waals surface area (Å²) in [5.74, 6) is 2.22. The molecule has 1 fully saturated rings. The van der Waals surface area contributed by atoms with E-state index in [1.807, 2.05) is 18.0 Å². The molecular formula is C25H39NO2S3. The van der Waals surface area contributed by atoms with Gasteiger partial charge in [-0.25, -0.2) is 0 Å². The largest absolute Gasteiger partial charge is 0.478 e. The van der Waals surface area contributed by atoms with Crippen LogP contribution >= 0.6 is 35.7 Å². The maximum atomic E-state index is 5.90. The highest BCUT2D eigenvalue weighted by Gasteiger charge is 2.43. The minimum Gasteiger partial charge on any atom is -0.478 e. The van der Waals surface area contributed by atoms with Crippen LogP contribution in [0.25, 0.3) is 0 Å². The number of hydrogen-bond donors (Lipinski definition) is 0. The summed E-state index contributed by atoms with van der Waals surface area (Å²) in [6.07, 6.45) is 14.6. The highest BCUT2D eigenvalue weighted by Crippen LogP contribution is 2.45. The van der Waals surface area contributed by atoms with Gasteiger partial charge in [0.2, 0.25) is 4.38 Å². The lowest BCUT2D eigenvalue weighted by atomic mass is 10.1. The van der Waals surface area contributed by atoms with E-state index >= 15 is 0 Å². The first-order valence-corrected chi connectivity index (χ1v) is 13.9. The Morgan fingerprint density at radius 2 is 1.81 bits per heavy atom. The minimum absolute atomic E-state index is 0.300. The minimum atomic E-state index is 0.300. The predicted octanol–water partition coefficient (Wildman–Crippen LogP) is 7.24. The number of thioether (sulfide) groups is 2. The van der Waals surface area contributed by atoms with Crippen molar-refractivity contribution in [3.05, 3.63) is 34.9 Å². The summed E-state index contributed by atoms with van der Waals surface area (Å²) in [5.41, 5.74) is 4.30. The molecule has 0 aromatic carbocycles. The molecule has 174 valence electrons. The van der Waals surface area contributed by atoms with Gasteiger partial charge in [-0.2, -0.15) is 0 Å². The van der Waals surface area contributed by atoms with Gasteiger partial charge in [-0.3, -0.25) is 4.99 Å². The van der Waals surface area contributed by atoms with Gasteiger partial charge >= 0.3 is 0 Å². The van der Waals surface area contributed by atoms with Crippen molar-refractivity contribution in [2.45, 2.75) is 65.8 Å². The summed E-state index contributed by atoms with van der Waals surface area (Å²) in [6, 6.07) is 0.300. The lowest BCUT2D eigenvalue weighted by Crippen LogP contribution is -2.13. The van der Waals surface area contributed by atoms with Crippen molar-refractivity contribution in [1.29, 1.82) is 0 Å². The SMILES string of the molecule is CSC(=S)OC[C@H]1C[C@H]1C1=N[C@H](COC/C=C(\C)CC/C=C(\C)CCC=C(C)C)CS1. The molecule has 0 saturated heterocycles. The van der Waals surface area contributed by atoms with E-state index < -0.39 is 0 Å². The molecule has 3 nitrogen and oxygen atoms in total. The molecule has 0 amide bonds. The Labute approximate surface area is 203 Å². The second-order valence-electron chi connectivity index (χ2n) is 8.80. The molecule has 0 aromatic rings. The monoisotopic (exact) mass is 481 g/mol. The maximum absolute atomic E-state index is 5.90. The van der Waals surface area contributed by atoms with Gasteiger partial charge in [-0.1, -0.05) is 46.7 Å². The molecule has 0 unspecified atom stereocenters. The number of hydrogen-bond acceptors (Lipinski definition) is 6. The van der Waals surface area contributed by atoms with E-state index in [1.165, 1.54) is 46.4 Å². The van der Waals surface area contributed by atoms with Crippen LogP contribution in [0.2, 0.25) is 0 Å². The van der Waals surface area contributed by atoms with Crippen LogP contribution in [-0.2, 0) is 9.47 Å². The third kappa shape index (κ3) is 11.2. The van der Waals surface area contributed by atoms with Crippen LogP contribution < -0.4 is 0 Å². The van der Waals surface area contributed by atoms with Gasteiger partial charge in [0, 0.05) is 17.6 Å². The van der Waals surface area contributed by atoms with E-state index in [1.54, 1.807) is 0 Å². The average Bonchev–Trinajstić information content (AvgIpc) is 3.36. The number of thiocarbonyl (C=S) groups is 1. The Morgan fingerprint density at radius 3 is 2.52 bits per heavy atom. The van der Waals surface area contributed by atoms with E-state index in [9.17, 15) is 0 Å². The zero-order chi connectivity index (χ0) is 22.6. The van der Waals surface area contributed by atoms with Crippen LogP contribution in [-0.4, -0.2) is 47.3 Å². The first-order chi connectivity index (χ1) is 14.9. The first-order valence-electron chi connectivity index (χ1n) is 11.3. The molecule has 1 saturated carbocycles. The fraction of sp³-hybridized carbons (Fsp3) is 0.680. The summed E-state index contributed by atoms with van der Waals surface area (Å²) in [6.45, 7) is 10.9. The van der Waals surface area contributed by atoms with Gasteiger partial charge in [-0.05, 0) is 78.3 Å². The molecule has 0 N–H and O–H groups in total. The Morgan fingerprint density at radius 1 is 1.10 bits per heavy atom. The van der Waals surface area contributed by atoms with Gasteiger partial charge in [0.05, 0.1) is 30.9 Å². The van der Waals surface area contributed by atoms with E-state index in [0.717, 1.165) is 31.6 Å².